The molecule has 152 valence electrons. The number of hydrogen-bond donors (Lipinski definition) is 1. The number of carbonyl (C=O) groups is 1. The highest BCUT2D eigenvalue weighted by molar-refractivity contribution is 7.98. The Hall–Kier alpha value is -3.33. The van der Waals surface area contributed by atoms with Crippen molar-refractivity contribution in [1.29, 1.82) is 0 Å². The van der Waals surface area contributed by atoms with Gasteiger partial charge in [0.25, 0.3) is 5.91 Å². The van der Waals surface area contributed by atoms with Crippen molar-refractivity contribution in [3.8, 4) is 5.75 Å². The van der Waals surface area contributed by atoms with E-state index in [0.717, 1.165) is 27.8 Å². The lowest BCUT2D eigenvalue weighted by Crippen LogP contribution is -2.55. The van der Waals surface area contributed by atoms with Crippen LogP contribution in [0.2, 0.25) is 0 Å². The molecule has 30 heavy (non-hydrogen) atoms. The second kappa shape index (κ2) is 6.88. The summed E-state index contributed by atoms with van der Waals surface area (Å²) in [5, 5.41) is 16.3. The number of hydrogen-bond acceptors (Lipinski definition) is 6. The van der Waals surface area contributed by atoms with Gasteiger partial charge < -0.3 is 10.0 Å². The normalized spacial score (nSPS) is 17.8. The molecule has 0 spiro atoms. The van der Waals surface area contributed by atoms with Gasteiger partial charge in [0.2, 0.25) is 5.43 Å². The van der Waals surface area contributed by atoms with Crippen LogP contribution in [0.1, 0.15) is 33.2 Å². The molecule has 0 saturated carbocycles. The fraction of sp³-hybridized carbons (Fsp3) is 0.190. The summed E-state index contributed by atoms with van der Waals surface area (Å²) in [5.74, 6) is -0.852. The van der Waals surface area contributed by atoms with Gasteiger partial charge in [-0.1, -0.05) is 24.3 Å². The van der Waals surface area contributed by atoms with Gasteiger partial charge in [0.05, 0.1) is 0 Å². The summed E-state index contributed by atoms with van der Waals surface area (Å²) in [6.07, 6.45) is 0.993. The van der Waals surface area contributed by atoms with E-state index >= 15 is 0 Å². The maximum absolute atomic E-state index is 14.0. The quantitative estimate of drug-likeness (QED) is 0.647. The van der Waals surface area contributed by atoms with Gasteiger partial charge in [-0.2, -0.15) is 9.89 Å². The molecule has 9 heteroatoms. The molecular weight excluding hydrogens is 407 g/mol. The second-order valence-electron chi connectivity index (χ2n) is 7.25. The first-order valence-electron chi connectivity index (χ1n) is 9.29. The molecular formula is C21H17FN4O3S. The summed E-state index contributed by atoms with van der Waals surface area (Å²) in [7, 11) is 1.60. The molecule has 1 unspecified atom stereocenters. The fourth-order valence-corrected chi connectivity index (χ4v) is 5.06. The monoisotopic (exact) mass is 424 g/mol. The van der Waals surface area contributed by atoms with Crippen molar-refractivity contribution < 1.29 is 14.3 Å². The summed E-state index contributed by atoms with van der Waals surface area (Å²) in [4.78, 5) is 28.4. The molecule has 2 aliphatic heterocycles. The van der Waals surface area contributed by atoms with Gasteiger partial charge in [-0.05, 0) is 34.9 Å². The van der Waals surface area contributed by atoms with Crippen molar-refractivity contribution in [3.63, 3.8) is 0 Å². The first-order valence-corrected chi connectivity index (χ1v) is 10.3. The number of aromatic nitrogens is 2. The molecule has 0 radical (unpaired) electrons. The van der Waals surface area contributed by atoms with Crippen molar-refractivity contribution in [3.05, 3.63) is 87.1 Å². The number of fused-ring (bicyclic) bond motifs is 3. The minimum Gasteiger partial charge on any atom is -0.502 e. The number of benzene rings is 2. The van der Waals surface area contributed by atoms with Gasteiger partial charge in [-0.25, -0.2) is 4.39 Å². The molecule has 0 fully saturated rings. The second-order valence-corrected chi connectivity index (χ2v) is 8.27. The highest BCUT2D eigenvalue weighted by Crippen LogP contribution is 2.42. The first-order chi connectivity index (χ1) is 14.5. The fourth-order valence-electron chi connectivity index (χ4n) is 3.98. The number of amides is 1. The highest BCUT2D eigenvalue weighted by Gasteiger charge is 2.38. The molecule has 0 bridgehead atoms. The van der Waals surface area contributed by atoms with E-state index in [2.05, 4.69) is 5.10 Å². The Morgan fingerprint density at radius 2 is 1.97 bits per heavy atom. The Morgan fingerprint density at radius 1 is 1.17 bits per heavy atom. The largest absolute Gasteiger partial charge is 0.502 e. The van der Waals surface area contributed by atoms with Crippen molar-refractivity contribution in [2.24, 2.45) is 0 Å². The zero-order valence-corrected chi connectivity index (χ0v) is 16.8. The molecule has 1 amide bonds. The van der Waals surface area contributed by atoms with E-state index in [-0.39, 0.29) is 18.2 Å². The molecule has 0 aliphatic carbocycles. The molecule has 0 saturated heterocycles. The number of nitrogens with zero attached hydrogens (tertiary/aromatic N) is 4. The van der Waals surface area contributed by atoms with Gasteiger partial charge in [0, 0.05) is 17.7 Å². The van der Waals surface area contributed by atoms with E-state index in [9.17, 15) is 19.1 Å². The Kier molecular flexibility index (Phi) is 4.28. The molecule has 1 atom stereocenters. The average molecular weight is 424 g/mol. The number of rotatable bonds is 1. The van der Waals surface area contributed by atoms with Crippen LogP contribution in [0.4, 0.5) is 4.39 Å². The molecule has 3 aromatic rings. The van der Waals surface area contributed by atoms with Crippen LogP contribution in [0.5, 0.6) is 5.75 Å². The zero-order chi connectivity index (χ0) is 21.0. The van der Waals surface area contributed by atoms with E-state index in [4.69, 9.17) is 0 Å². The average Bonchev–Trinajstić information content (AvgIpc) is 2.89. The molecule has 5 rings (SSSR count). The van der Waals surface area contributed by atoms with Crippen LogP contribution in [-0.4, -0.2) is 39.5 Å². The van der Waals surface area contributed by atoms with Crippen molar-refractivity contribution in [2.75, 3.05) is 18.7 Å². The summed E-state index contributed by atoms with van der Waals surface area (Å²) in [6, 6.07) is 12.1. The maximum atomic E-state index is 14.0. The lowest BCUT2D eigenvalue weighted by Gasteiger charge is -2.41. The molecule has 1 N–H and O–H groups in total. The smallest absolute Gasteiger partial charge is 0.279 e. The minimum absolute atomic E-state index is 0.168. The highest BCUT2D eigenvalue weighted by atomic mass is 32.2. The van der Waals surface area contributed by atoms with Crippen molar-refractivity contribution in [1.82, 2.24) is 14.8 Å². The van der Waals surface area contributed by atoms with Gasteiger partial charge in [-0.3, -0.25) is 14.6 Å². The summed E-state index contributed by atoms with van der Waals surface area (Å²) in [6.45, 7) is 0.168. The van der Waals surface area contributed by atoms with Crippen molar-refractivity contribution >= 4 is 17.7 Å². The van der Waals surface area contributed by atoms with E-state index in [1.165, 1.54) is 21.8 Å². The van der Waals surface area contributed by atoms with Crippen LogP contribution >= 0.6 is 11.8 Å². The first kappa shape index (κ1) is 18.7. The van der Waals surface area contributed by atoms with Gasteiger partial charge in [-0.15, -0.1) is 11.8 Å². The predicted molar refractivity (Wildman–Crippen MR) is 110 cm³/mol. The molecule has 2 aromatic carbocycles. The SMILES string of the molecule is CN1CN(C2c3ccc(F)cc3CSc3ccccc32)n2ncc(=O)c(O)c2C1=O. The number of aromatic hydroxyl groups is 1. The Labute approximate surface area is 175 Å². The number of carbonyl (C=O) groups excluding carboxylic acids is 1. The van der Waals surface area contributed by atoms with Crippen LogP contribution in [0, 0.1) is 5.82 Å². The van der Waals surface area contributed by atoms with Gasteiger partial charge >= 0.3 is 0 Å². The van der Waals surface area contributed by atoms with E-state index in [0.29, 0.717) is 5.75 Å². The third-order valence-corrected chi connectivity index (χ3v) is 6.52. The van der Waals surface area contributed by atoms with E-state index < -0.39 is 23.1 Å². The third kappa shape index (κ3) is 2.77. The van der Waals surface area contributed by atoms with Crippen LogP contribution in [0.3, 0.4) is 0 Å². The van der Waals surface area contributed by atoms with E-state index in [1.807, 2.05) is 24.3 Å². The topological polar surface area (TPSA) is 78.7 Å². The molecule has 2 aliphatic rings. The molecule has 3 heterocycles. The Morgan fingerprint density at radius 3 is 2.80 bits per heavy atom. The van der Waals surface area contributed by atoms with E-state index in [1.54, 1.807) is 29.9 Å². The summed E-state index contributed by atoms with van der Waals surface area (Å²) < 4.78 is 14.0. The molecule has 1 aromatic heterocycles. The zero-order valence-electron chi connectivity index (χ0n) is 15.9. The Bertz CT molecular complexity index is 1250. The number of halogens is 1. The summed E-state index contributed by atoms with van der Waals surface area (Å²) >= 11 is 1.61. The minimum atomic E-state index is -0.718. The van der Waals surface area contributed by atoms with Crippen LogP contribution in [0.15, 0.2) is 58.4 Å². The van der Waals surface area contributed by atoms with Crippen LogP contribution < -0.4 is 10.4 Å². The number of thioether (sulfide) groups is 1. The Balaban J connectivity index is 1.79. The third-order valence-electron chi connectivity index (χ3n) is 5.39. The standard InChI is InChI=1S/C21H17FN4O3S/c1-24-11-25(26-19(21(24)29)20(28)16(27)9-23-26)18-14-7-6-13(22)8-12(14)10-30-17-5-3-2-4-15(17)18/h2-9,18,28H,10-11H2,1H3. The van der Waals surface area contributed by atoms with Crippen LogP contribution in [0.25, 0.3) is 0 Å². The lowest BCUT2D eigenvalue weighted by molar-refractivity contribution is 0.0715. The van der Waals surface area contributed by atoms with Crippen LogP contribution in [-0.2, 0) is 5.75 Å². The summed E-state index contributed by atoms with van der Waals surface area (Å²) in [5.41, 5.74) is 1.79. The van der Waals surface area contributed by atoms with Gasteiger partial charge in [0.1, 0.15) is 24.7 Å². The van der Waals surface area contributed by atoms with Gasteiger partial charge in [0.15, 0.2) is 11.4 Å². The van der Waals surface area contributed by atoms with Crippen molar-refractivity contribution in [2.45, 2.75) is 16.7 Å². The predicted octanol–water partition coefficient (Wildman–Crippen LogP) is 2.46. The lowest BCUT2D eigenvalue weighted by atomic mass is 9.94. The maximum Gasteiger partial charge on any atom is 0.279 e. The molecule has 7 nitrogen and oxygen atoms in total.